The lowest BCUT2D eigenvalue weighted by atomic mass is 9.84. The van der Waals surface area contributed by atoms with Gasteiger partial charge in [0.05, 0.1) is 0 Å². The minimum Gasteiger partial charge on any atom is -0.351 e. The van der Waals surface area contributed by atoms with Gasteiger partial charge in [-0.3, -0.25) is 4.79 Å². The van der Waals surface area contributed by atoms with Crippen LogP contribution in [0, 0.1) is 0 Å². The van der Waals surface area contributed by atoms with Crippen LogP contribution in [0.25, 0.3) is 0 Å². The van der Waals surface area contributed by atoms with Crippen molar-refractivity contribution in [2.75, 3.05) is 6.54 Å². The molecule has 0 atom stereocenters. The van der Waals surface area contributed by atoms with Crippen molar-refractivity contribution >= 4 is 17.2 Å². The summed E-state index contributed by atoms with van der Waals surface area (Å²) in [5.74, 6) is 0.0467. The quantitative estimate of drug-likeness (QED) is 0.862. The van der Waals surface area contributed by atoms with Crippen molar-refractivity contribution in [3.05, 3.63) is 57.8 Å². The van der Waals surface area contributed by atoms with E-state index in [0.717, 1.165) is 18.5 Å². The molecule has 1 aliphatic carbocycles. The van der Waals surface area contributed by atoms with Gasteiger partial charge in [0.1, 0.15) is 0 Å². The van der Waals surface area contributed by atoms with Crippen LogP contribution in [0.2, 0.25) is 0 Å². The number of benzene rings is 1. The Balaban J connectivity index is 1.68. The summed E-state index contributed by atoms with van der Waals surface area (Å²) in [6, 6.07) is 12.3. The third-order valence-electron chi connectivity index (χ3n) is 4.82. The molecule has 0 unspecified atom stereocenters. The van der Waals surface area contributed by atoms with Crippen LogP contribution >= 0.6 is 11.3 Å². The topological polar surface area (TPSA) is 29.1 Å². The van der Waals surface area contributed by atoms with Gasteiger partial charge in [0, 0.05) is 22.4 Å². The van der Waals surface area contributed by atoms with E-state index in [-0.39, 0.29) is 11.3 Å². The summed E-state index contributed by atoms with van der Waals surface area (Å²) in [4.78, 5) is 13.8. The molecule has 22 heavy (non-hydrogen) atoms. The number of hydrogen-bond acceptors (Lipinski definition) is 2. The van der Waals surface area contributed by atoms with Crippen molar-refractivity contribution in [3.63, 3.8) is 0 Å². The number of carbonyl (C=O) groups is 1. The number of carbonyl (C=O) groups excluding carboxylic acids is 1. The summed E-state index contributed by atoms with van der Waals surface area (Å²) in [7, 11) is 0. The fourth-order valence-electron chi connectivity index (χ4n) is 3.39. The SMILES string of the molecule is CCc1ccc(C(=O)NCC2(c3cccs3)CCCC2)cc1. The maximum absolute atomic E-state index is 12.4. The summed E-state index contributed by atoms with van der Waals surface area (Å²) in [5, 5.41) is 5.31. The third kappa shape index (κ3) is 3.09. The lowest BCUT2D eigenvalue weighted by molar-refractivity contribution is 0.0943. The summed E-state index contributed by atoms with van der Waals surface area (Å²) in [6.45, 7) is 2.88. The summed E-state index contributed by atoms with van der Waals surface area (Å²) in [5.41, 5.74) is 2.19. The Kier molecular flexibility index (Phi) is 4.63. The van der Waals surface area contributed by atoms with Crippen molar-refractivity contribution in [2.24, 2.45) is 0 Å². The van der Waals surface area contributed by atoms with Crippen LogP contribution in [0.4, 0.5) is 0 Å². The standard InChI is InChI=1S/C19H23NOS/c1-2-15-7-9-16(10-8-15)18(21)20-14-19(11-3-4-12-19)17-6-5-13-22-17/h5-10,13H,2-4,11-12,14H2,1H3,(H,20,21). The van der Waals surface area contributed by atoms with E-state index in [2.05, 4.69) is 29.8 Å². The van der Waals surface area contributed by atoms with Gasteiger partial charge in [0.15, 0.2) is 0 Å². The Morgan fingerprint density at radius 1 is 1.18 bits per heavy atom. The fraction of sp³-hybridized carbons (Fsp3) is 0.421. The number of amides is 1. The van der Waals surface area contributed by atoms with E-state index in [9.17, 15) is 4.79 Å². The Morgan fingerprint density at radius 2 is 1.91 bits per heavy atom. The molecule has 1 aliphatic rings. The Morgan fingerprint density at radius 3 is 2.50 bits per heavy atom. The number of aryl methyl sites for hydroxylation is 1. The van der Waals surface area contributed by atoms with E-state index in [1.165, 1.54) is 36.1 Å². The van der Waals surface area contributed by atoms with Crippen molar-refractivity contribution in [1.82, 2.24) is 5.32 Å². The molecule has 3 rings (SSSR count). The summed E-state index contributed by atoms with van der Waals surface area (Å²) < 4.78 is 0. The molecule has 0 bridgehead atoms. The normalized spacial score (nSPS) is 16.6. The first-order chi connectivity index (χ1) is 10.7. The predicted molar refractivity (Wildman–Crippen MR) is 92.6 cm³/mol. The van der Waals surface area contributed by atoms with Gasteiger partial charge in [0.25, 0.3) is 5.91 Å². The molecule has 1 aromatic carbocycles. The Bertz CT molecular complexity index is 609. The zero-order valence-corrected chi connectivity index (χ0v) is 13.9. The van der Waals surface area contributed by atoms with Crippen LogP contribution < -0.4 is 5.32 Å². The van der Waals surface area contributed by atoms with Gasteiger partial charge in [0.2, 0.25) is 0 Å². The molecule has 0 saturated heterocycles. The van der Waals surface area contributed by atoms with Crippen LogP contribution in [0.1, 0.15) is 53.4 Å². The zero-order valence-electron chi connectivity index (χ0n) is 13.1. The van der Waals surface area contributed by atoms with Gasteiger partial charge in [-0.1, -0.05) is 38.0 Å². The van der Waals surface area contributed by atoms with Crippen LogP contribution in [-0.4, -0.2) is 12.5 Å². The first-order valence-corrected chi connectivity index (χ1v) is 9.03. The Labute approximate surface area is 136 Å². The molecule has 3 heteroatoms. The molecule has 1 N–H and O–H groups in total. The van der Waals surface area contributed by atoms with Gasteiger partial charge in [-0.25, -0.2) is 0 Å². The van der Waals surface area contributed by atoms with Crippen LogP contribution in [-0.2, 0) is 11.8 Å². The predicted octanol–water partition coefficient (Wildman–Crippen LogP) is 4.55. The lowest BCUT2D eigenvalue weighted by Crippen LogP contribution is -2.38. The first-order valence-electron chi connectivity index (χ1n) is 8.15. The van der Waals surface area contributed by atoms with Crippen molar-refractivity contribution in [2.45, 2.75) is 44.4 Å². The molecule has 2 nitrogen and oxygen atoms in total. The van der Waals surface area contributed by atoms with E-state index in [0.29, 0.717) is 0 Å². The molecule has 1 amide bonds. The molecule has 1 aromatic heterocycles. The van der Waals surface area contributed by atoms with Crippen molar-refractivity contribution in [1.29, 1.82) is 0 Å². The first kappa shape index (κ1) is 15.3. The fourth-order valence-corrected chi connectivity index (χ4v) is 4.37. The summed E-state index contributed by atoms with van der Waals surface area (Å²) in [6.07, 6.45) is 5.90. The Hall–Kier alpha value is -1.61. The molecule has 116 valence electrons. The minimum atomic E-state index is 0.0467. The van der Waals surface area contributed by atoms with E-state index in [1.54, 1.807) is 0 Å². The van der Waals surface area contributed by atoms with Gasteiger partial charge >= 0.3 is 0 Å². The molecule has 2 aromatic rings. The molecular weight excluding hydrogens is 290 g/mol. The van der Waals surface area contributed by atoms with Crippen molar-refractivity contribution < 1.29 is 4.79 Å². The highest BCUT2D eigenvalue weighted by molar-refractivity contribution is 7.10. The largest absolute Gasteiger partial charge is 0.351 e. The number of hydrogen-bond donors (Lipinski definition) is 1. The second kappa shape index (κ2) is 6.66. The molecular formula is C19H23NOS. The van der Waals surface area contributed by atoms with Gasteiger partial charge in [-0.2, -0.15) is 0 Å². The maximum Gasteiger partial charge on any atom is 0.251 e. The van der Waals surface area contributed by atoms with Crippen molar-refractivity contribution in [3.8, 4) is 0 Å². The smallest absolute Gasteiger partial charge is 0.251 e. The van der Waals surface area contributed by atoms with Crippen LogP contribution in [0.15, 0.2) is 41.8 Å². The number of nitrogens with one attached hydrogen (secondary N) is 1. The van der Waals surface area contributed by atoms with E-state index < -0.39 is 0 Å². The zero-order chi connectivity index (χ0) is 15.4. The number of thiophene rings is 1. The van der Waals surface area contributed by atoms with Crippen LogP contribution in [0.3, 0.4) is 0 Å². The third-order valence-corrected chi connectivity index (χ3v) is 5.93. The van der Waals surface area contributed by atoms with Gasteiger partial charge < -0.3 is 5.32 Å². The average molecular weight is 313 g/mol. The monoisotopic (exact) mass is 313 g/mol. The summed E-state index contributed by atoms with van der Waals surface area (Å²) >= 11 is 1.82. The van der Waals surface area contributed by atoms with Gasteiger partial charge in [-0.15, -0.1) is 11.3 Å². The highest BCUT2D eigenvalue weighted by Gasteiger charge is 2.36. The second-order valence-corrected chi connectivity index (χ2v) is 7.15. The van der Waals surface area contributed by atoms with E-state index in [4.69, 9.17) is 0 Å². The maximum atomic E-state index is 12.4. The second-order valence-electron chi connectivity index (χ2n) is 6.20. The van der Waals surface area contributed by atoms with Gasteiger partial charge in [-0.05, 0) is 48.4 Å². The minimum absolute atomic E-state index is 0.0467. The molecule has 0 radical (unpaired) electrons. The highest BCUT2D eigenvalue weighted by Crippen LogP contribution is 2.42. The number of rotatable bonds is 5. The van der Waals surface area contributed by atoms with E-state index >= 15 is 0 Å². The molecule has 1 saturated carbocycles. The molecule has 1 fully saturated rings. The highest BCUT2D eigenvalue weighted by atomic mass is 32.1. The molecule has 0 aliphatic heterocycles. The lowest BCUT2D eigenvalue weighted by Gasteiger charge is -2.28. The molecule has 0 spiro atoms. The van der Waals surface area contributed by atoms with Crippen LogP contribution in [0.5, 0.6) is 0 Å². The average Bonchev–Trinajstić information content (AvgIpc) is 3.24. The van der Waals surface area contributed by atoms with E-state index in [1.807, 2.05) is 35.6 Å². The molecule has 1 heterocycles.